The van der Waals surface area contributed by atoms with Gasteiger partial charge in [0.25, 0.3) is 5.91 Å². The number of carbonyl (C=O) groups excluding carboxylic acids is 1. The predicted molar refractivity (Wildman–Crippen MR) is 81.7 cm³/mol. The molecule has 0 radical (unpaired) electrons. The summed E-state index contributed by atoms with van der Waals surface area (Å²) in [6.07, 6.45) is 7.69. The van der Waals surface area contributed by atoms with Crippen molar-refractivity contribution in [3.05, 3.63) is 28.1 Å². The molecule has 1 aliphatic heterocycles. The predicted octanol–water partition coefficient (Wildman–Crippen LogP) is 3.14. The Kier molecular flexibility index (Phi) is 3.66. The Bertz CT molecular complexity index is 516. The lowest BCUT2D eigenvalue weighted by Gasteiger charge is -2.29. The van der Waals surface area contributed by atoms with Crippen LogP contribution in [0.15, 0.2) is 23.2 Å². The van der Waals surface area contributed by atoms with Gasteiger partial charge < -0.3 is 5.32 Å². The molecule has 1 saturated carbocycles. The lowest BCUT2D eigenvalue weighted by molar-refractivity contribution is -0.124. The Morgan fingerprint density at radius 2 is 2.16 bits per heavy atom. The van der Waals surface area contributed by atoms with Gasteiger partial charge in [-0.1, -0.05) is 25.3 Å². The molecule has 2 aliphatic rings. The molecule has 5 heteroatoms. The fourth-order valence-electron chi connectivity index (χ4n) is 2.74. The molecule has 0 aromatic carbocycles. The lowest BCUT2D eigenvalue weighted by Crippen LogP contribution is -2.41. The number of amides is 1. The molecule has 1 aromatic heterocycles. The van der Waals surface area contributed by atoms with Gasteiger partial charge in [0.1, 0.15) is 5.70 Å². The van der Waals surface area contributed by atoms with Gasteiger partial charge >= 0.3 is 0 Å². The van der Waals surface area contributed by atoms with E-state index in [-0.39, 0.29) is 11.9 Å². The van der Waals surface area contributed by atoms with Crippen LogP contribution in [0.2, 0.25) is 0 Å². The maximum atomic E-state index is 12.5. The molecular formula is C14H16N2OS2. The van der Waals surface area contributed by atoms with E-state index in [1.165, 1.54) is 19.3 Å². The van der Waals surface area contributed by atoms with Crippen LogP contribution in [0, 0.1) is 0 Å². The SMILES string of the molecule is O=C1C(=Cc2cccs2)NC(=S)N1C1CCCCC1. The van der Waals surface area contributed by atoms with E-state index < -0.39 is 0 Å². The lowest BCUT2D eigenvalue weighted by atomic mass is 9.94. The molecule has 100 valence electrons. The second kappa shape index (κ2) is 5.43. The van der Waals surface area contributed by atoms with Gasteiger partial charge in [-0.2, -0.15) is 0 Å². The third-order valence-electron chi connectivity index (χ3n) is 3.68. The number of hydrogen-bond acceptors (Lipinski definition) is 3. The first-order valence-electron chi connectivity index (χ1n) is 6.65. The minimum absolute atomic E-state index is 0.0327. The standard InChI is InChI=1S/C14H16N2OS2/c17-13-12(9-11-7-4-8-19-11)15-14(18)16(13)10-5-2-1-3-6-10/h4,7-10H,1-3,5-6H2,(H,15,18). The van der Waals surface area contributed by atoms with E-state index in [1.807, 2.05) is 23.6 Å². The smallest absolute Gasteiger partial charge is 0.276 e. The number of carbonyl (C=O) groups is 1. The van der Waals surface area contributed by atoms with Crippen LogP contribution in [0.4, 0.5) is 0 Å². The summed E-state index contributed by atoms with van der Waals surface area (Å²) in [7, 11) is 0. The van der Waals surface area contributed by atoms with Crippen molar-refractivity contribution in [1.29, 1.82) is 0 Å². The molecule has 3 rings (SSSR count). The fraction of sp³-hybridized carbons (Fsp3) is 0.429. The zero-order chi connectivity index (χ0) is 13.2. The summed E-state index contributed by atoms with van der Waals surface area (Å²) in [5, 5.41) is 5.64. The second-order valence-corrected chi connectivity index (χ2v) is 6.34. The number of thiophene rings is 1. The summed E-state index contributed by atoms with van der Waals surface area (Å²) in [6, 6.07) is 4.27. The molecule has 0 atom stereocenters. The Balaban J connectivity index is 1.80. The van der Waals surface area contributed by atoms with Gasteiger partial charge in [0.05, 0.1) is 0 Å². The Hall–Kier alpha value is -1.20. The monoisotopic (exact) mass is 292 g/mol. The van der Waals surface area contributed by atoms with Crippen LogP contribution in [-0.2, 0) is 4.79 Å². The molecular weight excluding hydrogens is 276 g/mol. The fourth-order valence-corrected chi connectivity index (χ4v) is 3.73. The van der Waals surface area contributed by atoms with Crippen LogP contribution < -0.4 is 5.32 Å². The maximum Gasteiger partial charge on any atom is 0.276 e. The molecule has 2 heterocycles. The van der Waals surface area contributed by atoms with Crippen molar-refractivity contribution in [3.63, 3.8) is 0 Å². The number of nitrogens with one attached hydrogen (secondary N) is 1. The Morgan fingerprint density at radius 1 is 1.37 bits per heavy atom. The summed E-state index contributed by atoms with van der Waals surface area (Å²) in [6.45, 7) is 0. The highest BCUT2D eigenvalue weighted by atomic mass is 32.1. The first-order valence-corrected chi connectivity index (χ1v) is 7.94. The average Bonchev–Trinajstić information content (AvgIpc) is 3.01. The molecule has 3 nitrogen and oxygen atoms in total. The molecule has 1 amide bonds. The van der Waals surface area contributed by atoms with Gasteiger partial charge in [-0.05, 0) is 42.6 Å². The topological polar surface area (TPSA) is 32.3 Å². The maximum absolute atomic E-state index is 12.5. The van der Waals surface area contributed by atoms with E-state index in [2.05, 4.69) is 5.32 Å². The Labute approximate surface area is 122 Å². The zero-order valence-corrected chi connectivity index (χ0v) is 12.2. The summed E-state index contributed by atoms with van der Waals surface area (Å²) in [4.78, 5) is 15.3. The minimum atomic E-state index is 0.0327. The molecule has 1 N–H and O–H groups in total. The number of nitrogens with zero attached hydrogens (tertiary/aromatic N) is 1. The Morgan fingerprint density at radius 3 is 2.84 bits per heavy atom. The third-order valence-corrected chi connectivity index (χ3v) is 4.80. The molecule has 0 bridgehead atoms. The molecule has 0 spiro atoms. The van der Waals surface area contributed by atoms with Crippen molar-refractivity contribution in [3.8, 4) is 0 Å². The van der Waals surface area contributed by atoms with Crippen LogP contribution in [0.1, 0.15) is 37.0 Å². The van der Waals surface area contributed by atoms with Crippen LogP contribution in [0.3, 0.4) is 0 Å². The first kappa shape index (κ1) is 12.8. The summed E-state index contributed by atoms with van der Waals surface area (Å²) in [5.41, 5.74) is 0.609. The molecule has 2 fully saturated rings. The van der Waals surface area contributed by atoms with Crippen LogP contribution in [0.5, 0.6) is 0 Å². The molecule has 19 heavy (non-hydrogen) atoms. The van der Waals surface area contributed by atoms with Crippen molar-refractivity contribution < 1.29 is 4.79 Å². The highest BCUT2D eigenvalue weighted by molar-refractivity contribution is 7.80. The van der Waals surface area contributed by atoms with E-state index in [4.69, 9.17) is 12.2 Å². The van der Waals surface area contributed by atoms with Crippen LogP contribution >= 0.6 is 23.6 Å². The van der Waals surface area contributed by atoms with E-state index in [9.17, 15) is 4.79 Å². The zero-order valence-electron chi connectivity index (χ0n) is 10.6. The van der Waals surface area contributed by atoms with Crippen molar-refractivity contribution in [1.82, 2.24) is 10.2 Å². The third kappa shape index (κ3) is 2.58. The van der Waals surface area contributed by atoms with E-state index in [0.29, 0.717) is 10.8 Å². The molecule has 1 aromatic rings. The first-order chi connectivity index (χ1) is 9.25. The van der Waals surface area contributed by atoms with Crippen molar-refractivity contribution in [2.45, 2.75) is 38.1 Å². The highest BCUT2D eigenvalue weighted by Crippen LogP contribution is 2.27. The second-order valence-electron chi connectivity index (χ2n) is 4.97. The van der Waals surface area contributed by atoms with Gasteiger partial charge in [-0.15, -0.1) is 11.3 Å². The quantitative estimate of drug-likeness (QED) is 0.671. The van der Waals surface area contributed by atoms with Gasteiger partial charge in [0.15, 0.2) is 5.11 Å². The molecule has 0 unspecified atom stereocenters. The van der Waals surface area contributed by atoms with Crippen molar-refractivity contribution in [2.75, 3.05) is 0 Å². The van der Waals surface area contributed by atoms with Gasteiger partial charge in [0, 0.05) is 10.9 Å². The summed E-state index contributed by atoms with van der Waals surface area (Å²) in [5.74, 6) is 0.0327. The van der Waals surface area contributed by atoms with Crippen LogP contribution in [0.25, 0.3) is 6.08 Å². The van der Waals surface area contributed by atoms with Crippen molar-refractivity contribution in [2.24, 2.45) is 0 Å². The van der Waals surface area contributed by atoms with E-state index in [1.54, 1.807) is 16.2 Å². The largest absolute Gasteiger partial charge is 0.328 e. The molecule has 1 aliphatic carbocycles. The van der Waals surface area contributed by atoms with Crippen LogP contribution in [-0.4, -0.2) is 22.0 Å². The van der Waals surface area contributed by atoms with Gasteiger partial charge in [-0.3, -0.25) is 9.69 Å². The van der Waals surface area contributed by atoms with Gasteiger partial charge in [0.2, 0.25) is 0 Å². The normalized spacial score (nSPS) is 23.2. The highest BCUT2D eigenvalue weighted by Gasteiger charge is 2.36. The average molecular weight is 292 g/mol. The summed E-state index contributed by atoms with van der Waals surface area (Å²) >= 11 is 6.95. The minimum Gasteiger partial charge on any atom is -0.328 e. The number of rotatable bonds is 2. The van der Waals surface area contributed by atoms with E-state index >= 15 is 0 Å². The molecule has 1 saturated heterocycles. The van der Waals surface area contributed by atoms with Crippen molar-refractivity contribution >= 4 is 40.7 Å². The number of hydrogen-bond donors (Lipinski definition) is 1. The number of thiocarbonyl (C=S) groups is 1. The van der Waals surface area contributed by atoms with E-state index in [0.717, 1.165) is 17.7 Å². The van der Waals surface area contributed by atoms with Gasteiger partial charge in [-0.25, -0.2) is 0 Å². The summed E-state index contributed by atoms with van der Waals surface area (Å²) < 4.78 is 0.